The smallest absolute Gasteiger partial charge is 0.216 e. The maximum Gasteiger partial charge on any atom is 0.216 e. The lowest BCUT2D eigenvalue weighted by Crippen LogP contribution is -2.38. The molecule has 104 valence electrons. The largest absolute Gasteiger partial charge is 0.356 e. The van der Waals surface area contributed by atoms with E-state index in [1.807, 2.05) is 0 Å². The Bertz CT molecular complexity index is 415. The van der Waals surface area contributed by atoms with Crippen LogP contribution in [0.25, 0.3) is 0 Å². The summed E-state index contributed by atoms with van der Waals surface area (Å²) in [7, 11) is 0. The van der Waals surface area contributed by atoms with E-state index >= 15 is 0 Å². The molecule has 0 atom stereocenters. The Kier molecular flexibility index (Phi) is 5.10. The van der Waals surface area contributed by atoms with Crippen molar-refractivity contribution in [2.45, 2.75) is 26.3 Å². The van der Waals surface area contributed by atoms with Gasteiger partial charge in [-0.05, 0) is 31.8 Å². The van der Waals surface area contributed by atoms with E-state index in [0.29, 0.717) is 11.1 Å². The molecule has 0 aliphatic carbocycles. The SMILES string of the molecule is CC(=O)NCC1CCN(Cc2cnc(Cl)cn2)CC1. The third-order valence-corrected chi connectivity index (χ3v) is 3.60. The number of piperidine rings is 1. The van der Waals surface area contributed by atoms with Crippen molar-refractivity contribution in [3.63, 3.8) is 0 Å². The van der Waals surface area contributed by atoms with Gasteiger partial charge in [-0.15, -0.1) is 0 Å². The molecule has 1 aromatic heterocycles. The Labute approximate surface area is 118 Å². The number of carbonyl (C=O) groups excluding carboxylic acids is 1. The number of aromatic nitrogens is 2. The molecule has 0 spiro atoms. The van der Waals surface area contributed by atoms with Crippen LogP contribution in [-0.4, -0.2) is 40.4 Å². The van der Waals surface area contributed by atoms with Crippen LogP contribution in [0, 0.1) is 5.92 Å². The van der Waals surface area contributed by atoms with Crippen LogP contribution in [0.15, 0.2) is 12.4 Å². The normalized spacial score (nSPS) is 17.4. The number of halogens is 1. The number of nitrogens with one attached hydrogen (secondary N) is 1. The Hall–Kier alpha value is -1.20. The second-order valence-electron chi connectivity index (χ2n) is 4.99. The summed E-state index contributed by atoms with van der Waals surface area (Å²) >= 11 is 5.71. The standard InChI is InChI=1S/C13H19ClN4O/c1-10(19)15-6-11-2-4-18(5-3-11)9-12-7-17-13(14)8-16-12/h7-8,11H,2-6,9H2,1H3,(H,15,19). The highest BCUT2D eigenvalue weighted by atomic mass is 35.5. The fraction of sp³-hybridized carbons (Fsp3) is 0.615. The van der Waals surface area contributed by atoms with Crippen molar-refractivity contribution in [3.8, 4) is 0 Å². The number of amides is 1. The van der Waals surface area contributed by atoms with Crippen molar-refractivity contribution >= 4 is 17.5 Å². The molecule has 6 heteroatoms. The summed E-state index contributed by atoms with van der Waals surface area (Å²) in [6.07, 6.45) is 5.54. The number of rotatable bonds is 4. The summed E-state index contributed by atoms with van der Waals surface area (Å²) < 4.78 is 0. The first-order valence-electron chi connectivity index (χ1n) is 6.56. The van der Waals surface area contributed by atoms with Gasteiger partial charge in [0.25, 0.3) is 0 Å². The number of hydrogen-bond donors (Lipinski definition) is 1. The van der Waals surface area contributed by atoms with Gasteiger partial charge in [-0.3, -0.25) is 14.7 Å². The van der Waals surface area contributed by atoms with Gasteiger partial charge in [-0.25, -0.2) is 4.98 Å². The number of hydrogen-bond acceptors (Lipinski definition) is 4. The van der Waals surface area contributed by atoms with Crippen LogP contribution < -0.4 is 5.32 Å². The molecule has 1 aliphatic rings. The fourth-order valence-corrected chi connectivity index (χ4v) is 2.38. The lowest BCUT2D eigenvalue weighted by Gasteiger charge is -2.31. The molecule has 0 unspecified atom stereocenters. The van der Waals surface area contributed by atoms with Crippen molar-refractivity contribution in [1.82, 2.24) is 20.2 Å². The maximum atomic E-state index is 10.9. The van der Waals surface area contributed by atoms with Gasteiger partial charge in [0.1, 0.15) is 5.15 Å². The number of carbonyl (C=O) groups is 1. The molecule has 0 radical (unpaired) electrons. The van der Waals surface area contributed by atoms with Crippen LogP contribution in [0.4, 0.5) is 0 Å². The van der Waals surface area contributed by atoms with E-state index in [1.165, 1.54) is 0 Å². The minimum atomic E-state index is 0.0545. The molecule has 5 nitrogen and oxygen atoms in total. The predicted molar refractivity (Wildman–Crippen MR) is 73.7 cm³/mol. The molecule has 1 aliphatic heterocycles. The molecule has 2 rings (SSSR count). The molecular weight excluding hydrogens is 264 g/mol. The van der Waals surface area contributed by atoms with Crippen LogP contribution in [-0.2, 0) is 11.3 Å². The zero-order valence-corrected chi connectivity index (χ0v) is 11.9. The van der Waals surface area contributed by atoms with Gasteiger partial charge < -0.3 is 5.32 Å². The Morgan fingerprint density at radius 1 is 1.42 bits per heavy atom. The van der Waals surface area contributed by atoms with Crippen LogP contribution in [0.1, 0.15) is 25.5 Å². The van der Waals surface area contributed by atoms with Crippen molar-refractivity contribution in [3.05, 3.63) is 23.2 Å². The monoisotopic (exact) mass is 282 g/mol. The summed E-state index contributed by atoms with van der Waals surface area (Å²) in [5.41, 5.74) is 0.949. The van der Waals surface area contributed by atoms with Crippen LogP contribution in [0.5, 0.6) is 0 Å². The van der Waals surface area contributed by atoms with Crippen LogP contribution in [0.3, 0.4) is 0 Å². The van der Waals surface area contributed by atoms with Crippen molar-refractivity contribution < 1.29 is 4.79 Å². The fourth-order valence-electron chi connectivity index (χ4n) is 2.29. The maximum absolute atomic E-state index is 10.9. The summed E-state index contributed by atoms with van der Waals surface area (Å²) in [4.78, 5) is 21.5. The molecule has 1 amide bonds. The molecule has 1 fully saturated rings. The minimum Gasteiger partial charge on any atom is -0.356 e. The van der Waals surface area contributed by atoms with Gasteiger partial charge in [0.05, 0.1) is 18.1 Å². The van der Waals surface area contributed by atoms with Gasteiger partial charge >= 0.3 is 0 Å². The number of likely N-dealkylation sites (tertiary alicyclic amines) is 1. The van der Waals surface area contributed by atoms with E-state index in [2.05, 4.69) is 20.2 Å². The van der Waals surface area contributed by atoms with Gasteiger partial charge in [-0.2, -0.15) is 0 Å². The first-order valence-corrected chi connectivity index (χ1v) is 6.94. The van der Waals surface area contributed by atoms with Crippen LogP contribution >= 0.6 is 11.6 Å². The summed E-state index contributed by atoms with van der Waals surface area (Å²) in [6, 6.07) is 0. The molecule has 1 N–H and O–H groups in total. The average Bonchev–Trinajstić information content (AvgIpc) is 2.40. The highest BCUT2D eigenvalue weighted by Gasteiger charge is 2.19. The highest BCUT2D eigenvalue weighted by Crippen LogP contribution is 2.17. The lowest BCUT2D eigenvalue weighted by atomic mass is 9.96. The van der Waals surface area contributed by atoms with Gasteiger partial charge in [-0.1, -0.05) is 11.6 Å². The molecule has 1 aromatic rings. The molecule has 0 aromatic carbocycles. The zero-order valence-electron chi connectivity index (χ0n) is 11.1. The molecule has 0 saturated carbocycles. The molecule has 0 bridgehead atoms. The zero-order chi connectivity index (χ0) is 13.7. The lowest BCUT2D eigenvalue weighted by molar-refractivity contribution is -0.119. The summed E-state index contributed by atoms with van der Waals surface area (Å²) in [6.45, 7) is 5.25. The quantitative estimate of drug-likeness (QED) is 0.909. The summed E-state index contributed by atoms with van der Waals surface area (Å²) in [5, 5.41) is 3.32. The number of nitrogens with zero attached hydrogens (tertiary/aromatic N) is 3. The van der Waals surface area contributed by atoms with E-state index in [4.69, 9.17) is 11.6 Å². The molecular formula is C13H19ClN4O. The first-order chi connectivity index (χ1) is 9.13. The first kappa shape index (κ1) is 14.2. The molecule has 19 heavy (non-hydrogen) atoms. The molecule has 2 heterocycles. The Morgan fingerprint density at radius 3 is 2.74 bits per heavy atom. The third kappa shape index (κ3) is 4.76. The van der Waals surface area contributed by atoms with Gasteiger partial charge in [0.2, 0.25) is 5.91 Å². The summed E-state index contributed by atoms with van der Waals surface area (Å²) in [5.74, 6) is 0.648. The highest BCUT2D eigenvalue weighted by molar-refractivity contribution is 6.29. The average molecular weight is 283 g/mol. The second-order valence-corrected chi connectivity index (χ2v) is 5.37. The third-order valence-electron chi connectivity index (χ3n) is 3.41. The van der Waals surface area contributed by atoms with Gasteiger partial charge in [0, 0.05) is 20.0 Å². The van der Waals surface area contributed by atoms with E-state index in [0.717, 1.165) is 44.7 Å². The Balaban J connectivity index is 1.74. The van der Waals surface area contributed by atoms with Crippen molar-refractivity contribution in [2.75, 3.05) is 19.6 Å². The van der Waals surface area contributed by atoms with E-state index < -0.39 is 0 Å². The Morgan fingerprint density at radius 2 is 2.16 bits per heavy atom. The van der Waals surface area contributed by atoms with E-state index in [9.17, 15) is 4.79 Å². The predicted octanol–water partition coefficient (Wildman–Crippen LogP) is 1.48. The van der Waals surface area contributed by atoms with E-state index in [-0.39, 0.29) is 5.91 Å². The minimum absolute atomic E-state index is 0.0545. The topological polar surface area (TPSA) is 58.1 Å². The second kappa shape index (κ2) is 6.82. The molecule has 1 saturated heterocycles. The van der Waals surface area contributed by atoms with Crippen LogP contribution in [0.2, 0.25) is 5.15 Å². The van der Waals surface area contributed by atoms with Gasteiger partial charge in [0.15, 0.2) is 0 Å². The van der Waals surface area contributed by atoms with E-state index in [1.54, 1.807) is 19.3 Å². The van der Waals surface area contributed by atoms with Crippen molar-refractivity contribution in [1.29, 1.82) is 0 Å². The van der Waals surface area contributed by atoms with Crippen molar-refractivity contribution in [2.24, 2.45) is 5.92 Å².